The summed E-state index contributed by atoms with van der Waals surface area (Å²) >= 11 is 0. The predicted octanol–water partition coefficient (Wildman–Crippen LogP) is 3.88. The lowest BCUT2D eigenvalue weighted by Gasteiger charge is -2.20. The van der Waals surface area contributed by atoms with E-state index < -0.39 is 9.84 Å². The molecule has 0 spiro atoms. The van der Waals surface area contributed by atoms with Crippen LogP contribution in [0.15, 0.2) is 71.9 Å². The van der Waals surface area contributed by atoms with Crippen LogP contribution in [-0.2, 0) is 16.3 Å². The van der Waals surface area contributed by atoms with Crippen molar-refractivity contribution in [2.45, 2.75) is 18.2 Å². The van der Waals surface area contributed by atoms with Crippen molar-refractivity contribution in [2.75, 3.05) is 17.7 Å². The van der Waals surface area contributed by atoms with E-state index in [2.05, 4.69) is 15.0 Å². The number of fused-ring (bicyclic) bond motifs is 1. The van der Waals surface area contributed by atoms with E-state index in [-0.39, 0.29) is 11.6 Å². The van der Waals surface area contributed by atoms with Gasteiger partial charge in [0.25, 0.3) is 0 Å². The molecule has 0 fully saturated rings. The number of benzene rings is 2. The standard InChI is InChI=1S/C23H22N4O3S/c1-3-31(29,30)19-10-8-18(9-11-19)27(2)17-6-4-16(5-7-17)14-22-25-21-15-24-13-12-20(21)23(28)26-22/h4-13,15H,3,14H2,1-2H3,(H,25,26,28). The van der Waals surface area contributed by atoms with Crippen molar-refractivity contribution in [3.63, 3.8) is 0 Å². The lowest BCUT2D eigenvalue weighted by molar-refractivity contribution is 0.457. The van der Waals surface area contributed by atoms with Gasteiger partial charge in [-0.25, -0.2) is 13.4 Å². The number of aromatic nitrogens is 3. The van der Waals surface area contributed by atoms with Gasteiger partial charge in [-0.2, -0.15) is 4.98 Å². The topological polar surface area (TPSA) is 96.3 Å². The normalized spacial score (nSPS) is 11.5. The second kappa shape index (κ2) is 8.31. The lowest BCUT2D eigenvalue weighted by Crippen LogP contribution is -2.10. The molecule has 31 heavy (non-hydrogen) atoms. The fourth-order valence-corrected chi connectivity index (χ4v) is 4.19. The second-order valence-corrected chi connectivity index (χ2v) is 9.43. The minimum Gasteiger partial charge on any atom is -0.493 e. The molecule has 0 aliphatic rings. The number of rotatable bonds is 6. The Labute approximate surface area is 181 Å². The van der Waals surface area contributed by atoms with Gasteiger partial charge in [0.15, 0.2) is 9.84 Å². The van der Waals surface area contributed by atoms with Gasteiger partial charge >= 0.3 is 0 Å². The van der Waals surface area contributed by atoms with Crippen LogP contribution in [0.25, 0.3) is 10.9 Å². The second-order valence-electron chi connectivity index (χ2n) is 7.16. The van der Waals surface area contributed by atoms with Gasteiger partial charge in [0.05, 0.1) is 27.7 Å². The number of nitrogens with zero attached hydrogens (tertiary/aromatic N) is 4. The molecule has 2 heterocycles. The highest BCUT2D eigenvalue weighted by atomic mass is 32.2. The van der Waals surface area contributed by atoms with E-state index in [9.17, 15) is 13.5 Å². The maximum Gasteiger partial charge on any atom is 0.222 e. The smallest absolute Gasteiger partial charge is 0.222 e. The van der Waals surface area contributed by atoms with E-state index in [1.54, 1.807) is 49.6 Å². The van der Waals surface area contributed by atoms with E-state index in [4.69, 9.17) is 0 Å². The zero-order chi connectivity index (χ0) is 22.0. The average molecular weight is 435 g/mol. The Kier molecular flexibility index (Phi) is 5.56. The van der Waals surface area contributed by atoms with Gasteiger partial charge in [0, 0.05) is 31.0 Å². The Bertz CT molecular complexity index is 1320. The quantitative estimate of drug-likeness (QED) is 0.492. The van der Waals surface area contributed by atoms with Crippen LogP contribution in [0.3, 0.4) is 0 Å². The largest absolute Gasteiger partial charge is 0.493 e. The molecular formula is C23H22N4O3S. The van der Waals surface area contributed by atoms with Crippen LogP contribution in [0.1, 0.15) is 18.3 Å². The van der Waals surface area contributed by atoms with Gasteiger partial charge in [0.2, 0.25) is 5.88 Å². The summed E-state index contributed by atoms with van der Waals surface area (Å²) in [5.41, 5.74) is 3.46. The van der Waals surface area contributed by atoms with Crippen LogP contribution in [0, 0.1) is 0 Å². The molecule has 0 aliphatic heterocycles. The molecule has 1 N–H and O–H groups in total. The van der Waals surface area contributed by atoms with Crippen LogP contribution < -0.4 is 4.90 Å². The van der Waals surface area contributed by atoms with Crippen molar-refractivity contribution >= 4 is 32.1 Å². The van der Waals surface area contributed by atoms with E-state index in [0.29, 0.717) is 28.0 Å². The molecule has 4 aromatic rings. The summed E-state index contributed by atoms with van der Waals surface area (Å²) < 4.78 is 24.0. The Morgan fingerprint density at radius 2 is 1.58 bits per heavy atom. The predicted molar refractivity (Wildman–Crippen MR) is 120 cm³/mol. The van der Waals surface area contributed by atoms with Crippen LogP contribution in [0.2, 0.25) is 0 Å². The first-order chi connectivity index (χ1) is 14.9. The molecule has 4 rings (SSSR count). The van der Waals surface area contributed by atoms with Crippen molar-refractivity contribution < 1.29 is 13.5 Å². The Morgan fingerprint density at radius 3 is 2.23 bits per heavy atom. The lowest BCUT2D eigenvalue weighted by atomic mass is 10.1. The molecule has 158 valence electrons. The van der Waals surface area contributed by atoms with Crippen molar-refractivity contribution in [1.82, 2.24) is 15.0 Å². The van der Waals surface area contributed by atoms with Crippen LogP contribution in [0.4, 0.5) is 11.4 Å². The fourth-order valence-electron chi connectivity index (χ4n) is 3.30. The Hall–Kier alpha value is -3.52. The van der Waals surface area contributed by atoms with E-state index in [1.165, 1.54) is 0 Å². The summed E-state index contributed by atoms with van der Waals surface area (Å²) in [5.74, 6) is 0.554. The van der Waals surface area contributed by atoms with Gasteiger partial charge in [-0.3, -0.25) is 4.98 Å². The molecule has 0 saturated heterocycles. The third-order valence-electron chi connectivity index (χ3n) is 5.17. The van der Waals surface area contributed by atoms with Gasteiger partial charge in [0.1, 0.15) is 5.82 Å². The number of sulfone groups is 1. The summed E-state index contributed by atoms with van der Waals surface area (Å²) in [6.45, 7) is 1.64. The summed E-state index contributed by atoms with van der Waals surface area (Å²) in [7, 11) is -1.28. The molecule has 0 aliphatic carbocycles. The third-order valence-corrected chi connectivity index (χ3v) is 6.92. The zero-order valence-electron chi connectivity index (χ0n) is 17.2. The fraction of sp³-hybridized carbons (Fsp3) is 0.174. The number of hydrogen-bond acceptors (Lipinski definition) is 7. The van der Waals surface area contributed by atoms with Gasteiger partial charge in [-0.1, -0.05) is 19.1 Å². The molecule has 2 aromatic carbocycles. The Morgan fingerprint density at radius 1 is 0.935 bits per heavy atom. The van der Waals surface area contributed by atoms with Crippen molar-refractivity contribution in [1.29, 1.82) is 0 Å². The molecule has 2 aromatic heterocycles. The number of pyridine rings is 1. The molecule has 0 unspecified atom stereocenters. The summed E-state index contributed by atoms with van der Waals surface area (Å²) in [4.78, 5) is 15.0. The maximum atomic E-state index is 12.0. The van der Waals surface area contributed by atoms with Crippen LogP contribution in [-0.4, -0.2) is 41.3 Å². The highest BCUT2D eigenvalue weighted by molar-refractivity contribution is 7.91. The van der Waals surface area contributed by atoms with Gasteiger partial charge < -0.3 is 10.0 Å². The first-order valence-electron chi connectivity index (χ1n) is 9.82. The molecule has 0 amide bonds. The van der Waals surface area contributed by atoms with E-state index in [1.807, 2.05) is 36.2 Å². The van der Waals surface area contributed by atoms with E-state index >= 15 is 0 Å². The van der Waals surface area contributed by atoms with Crippen molar-refractivity contribution in [2.24, 2.45) is 0 Å². The van der Waals surface area contributed by atoms with Crippen molar-refractivity contribution in [3.05, 3.63) is 78.4 Å². The maximum absolute atomic E-state index is 12.0. The minimum atomic E-state index is -3.21. The van der Waals surface area contributed by atoms with Crippen LogP contribution in [0.5, 0.6) is 5.88 Å². The highest BCUT2D eigenvalue weighted by Crippen LogP contribution is 2.26. The molecule has 8 heteroatoms. The van der Waals surface area contributed by atoms with E-state index in [0.717, 1.165) is 16.9 Å². The molecule has 0 atom stereocenters. The van der Waals surface area contributed by atoms with Gasteiger partial charge in [-0.05, 0) is 48.0 Å². The SMILES string of the molecule is CCS(=O)(=O)c1ccc(N(C)c2ccc(Cc3nc(O)c4ccncc4n3)cc2)cc1. The number of anilines is 2. The number of aromatic hydroxyl groups is 1. The molecular weight excluding hydrogens is 412 g/mol. The number of hydrogen-bond donors (Lipinski definition) is 1. The average Bonchev–Trinajstić information content (AvgIpc) is 2.79. The van der Waals surface area contributed by atoms with Gasteiger partial charge in [-0.15, -0.1) is 0 Å². The summed E-state index contributed by atoms with van der Waals surface area (Å²) in [6.07, 6.45) is 3.68. The Balaban J connectivity index is 1.52. The zero-order valence-corrected chi connectivity index (χ0v) is 18.0. The molecule has 0 saturated carbocycles. The minimum absolute atomic E-state index is 0.0488. The first kappa shape index (κ1) is 20.7. The molecule has 7 nitrogen and oxygen atoms in total. The summed E-state index contributed by atoms with van der Waals surface area (Å²) in [5, 5.41) is 10.7. The summed E-state index contributed by atoms with van der Waals surface area (Å²) in [6, 6.07) is 16.5. The van der Waals surface area contributed by atoms with Crippen molar-refractivity contribution in [3.8, 4) is 5.88 Å². The molecule has 0 radical (unpaired) electrons. The molecule has 0 bridgehead atoms. The van der Waals surface area contributed by atoms with Crippen LogP contribution >= 0.6 is 0 Å². The third kappa shape index (κ3) is 4.34. The first-order valence-corrected chi connectivity index (χ1v) is 11.5. The highest BCUT2D eigenvalue weighted by Gasteiger charge is 2.12. The monoisotopic (exact) mass is 434 g/mol.